The van der Waals surface area contributed by atoms with Crippen molar-refractivity contribution in [3.05, 3.63) is 76.5 Å². The second-order valence-electron chi connectivity index (χ2n) is 11.1. The monoisotopic (exact) mass is 601 g/mol. The third kappa shape index (κ3) is 5.87. The van der Waals surface area contributed by atoms with Gasteiger partial charge in [-0.1, -0.05) is 30.7 Å². The highest BCUT2D eigenvalue weighted by Crippen LogP contribution is 2.40. The van der Waals surface area contributed by atoms with Crippen LogP contribution >= 0.6 is 11.6 Å². The van der Waals surface area contributed by atoms with E-state index in [2.05, 4.69) is 55.7 Å². The van der Waals surface area contributed by atoms with Crippen LogP contribution < -0.4 is 20.3 Å². The molecule has 0 aliphatic carbocycles. The third-order valence-corrected chi connectivity index (χ3v) is 8.41. The average molecular weight is 602 g/mol. The number of carbonyl (C=O) groups is 1. The molecule has 12 heteroatoms. The summed E-state index contributed by atoms with van der Waals surface area (Å²) < 4.78 is 7.70. The summed E-state index contributed by atoms with van der Waals surface area (Å²) in [6.07, 6.45) is 4.48. The van der Waals surface area contributed by atoms with E-state index < -0.39 is 0 Å². The number of aryl methyl sites for hydroxylation is 1. The highest BCUT2D eigenvalue weighted by Gasteiger charge is 2.35. The summed E-state index contributed by atoms with van der Waals surface area (Å²) in [6.45, 7) is 6.60. The van der Waals surface area contributed by atoms with Gasteiger partial charge in [-0.3, -0.25) is 9.36 Å². The van der Waals surface area contributed by atoms with Crippen LogP contribution in [0.1, 0.15) is 59.8 Å². The van der Waals surface area contributed by atoms with Gasteiger partial charge in [-0.05, 0) is 82.2 Å². The van der Waals surface area contributed by atoms with Gasteiger partial charge in [-0.25, -0.2) is 4.98 Å². The van der Waals surface area contributed by atoms with Crippen molar-refractivity contribution in [1.82, 2.24) is 34.9 Å². The van der Waals surface area contributed by atoms with Gasteiger partial charge in [0.15, 0.2) is 11.6 Å². The van der Waals surface area contributed by atoms with Crippen LogP contribution in [0.25, 0.3) is 5.69 Å². The highest BCUT2D eigenvalue weighted by molar-refractivity contribution is 6.30. The lowest BCUT2D eigenvalue weighted by Crippen LogP contribution is -2.43. The molecule has 0 radical (unpaired) electrons. The maximum absolute atomic E-state index is 13.0. The molecule has 224 valence electrons. The fourth-order valence-corrected chi connectivity index (χ4v) is 6.09. The van der Waals surface area contributed by atoms with Crippen LogP contribution in [-0.4, -0.2) is 68.8 Å². The molecule has 1 saturated heterocycles. The number of nitrogens with one attached hydrogen (secondary N) is 2. The van der Waals surface area contributed by atoms with Gasteiger partial charge < -0.3 is 25.2 Å². The van der Waals surface area contributed by atoms with Gasteiger partial charge in [0.1, 0.15) is 17.3 Å². The predicted octanol–water partition coefficient (Wildman–Crippen LogP) is 5.07. The lowest BCUT2D eigenvalue weighted by molar-refractivity contribution is 0.0916. The fraction of sp³-hybridized carbons (Fsp3) is 0.387. The molecule has 1 atom stereocenters. The van der Waals surface area contributed by atoms with Crippen LogP contribution in [0.5, 0.6) is 5.75 Å². The van der Waals surface area contributed by atoms with Crippen molar-refractivity contribution in [2.45, 2.75) is 51.7 Å². The molecule has 2 aromatic heterocycles. The van der Waals surface area contributed by atoms with Crippen molar-refractivity contribution in [1.29, 1.82) is 0 Å². The van der Waals surface area contributed by atoms with Crippen LogP contribution in [0.3, 0.4) is 0 Å². The Bertz CT molecular complexity index is 1630. The number of carbonyl (C=O) groups excluding carboxylic acids is 1. The van der Waals surface area contributed by atoms with Crippen molar-refractivity contribution in [3.63, 3.8) is 0 Å². The number of aromatic nitrogens is 5. The molecule has 2 aliphatic heterocycles. The fourth-order valence-electron chi connectivity index (χ4n) is 5.87. The number of hydrogen-bond acceptors (Lipinski definition) is 9. The second-order valence-corrected chi connectivity index (χ2v) is 11.6. The van der Waals surface area contributed by atoms with E-state index in [0.717, 1.165) is 61.1 Å². The first-order valence-corrected chi connectivity index (χ1v) is 15.0. The van der Waals surface area contributed by atoms with Gasteiger partial charge in [0.05, 0.1) is 25.0 Å². The average Bonchev–Trinajstić information content (AvgIpc) is 3.39. The molecule has 2 N–H and O–H groups in total. The molecular weight excluding hydrogens is 566 g/mol. The largest absolute Gasteiger partial charge is 0.495 e. The smallest absolute Gasteiger partial charge is 0.251 e. The van der Waals surface area contributed by atoms with Crippen LogP contribution in [0, 0.1) is 6.92 Å². The Morgan fingerprint density at radius 1 is 1.14 bits per heavy atom. The number of amides is 1. The van der Waals surface area contributed by atoms with Crippen LogP contribution in [0.4, 0.5) is 17.5 Å². The first-order chi connectivity index (χ1) is 20.8. The van der Waals surface area contributed by atoms with Crippen molar-refractivity contribution in [2.24, 2.45) is 0 Å². The minimum Gasteiger partial charge on any atom is -0.495 e. The number of hydrogen-bond donors (Lipinski definition) is 2. The number of piperidine rings is 1. The third-order valence-electron chi connectivity index (χ3n) is 8.18. The van der Waals surface area contributed by atoms with Crippen molar-refractivity contribution < 1.29 is 9.53 Å². The molecule has 1 fully saturated rings. The van der Waals surface area contributed by atoms with Crippen LogP contribution in [0.2, 0.25) is 5.02 Å². The van der Waals surface area contributed by atoms with E-state index in [4.69, 9.17) is 21.3 Å². The number of benzene rings is 2. The summed E-state index contributed by atoms with van der Waals surface area (Å²) in [6, 6.07) is 13.3. The van der Waals surface area contributed by atoms with E-state index >= 15 is 0 Å². The maximum atomic E-state index is 13.0. The Kier molecular flexibility index (Phi) is 8.18. The standard InChI is InChI=1S/C31H36ClN9O2/c1-5-25-29-38-37-19(2)41(29)26-17-33-31(36-28(26)40(25)18-20-7-6-8-22(32)15-20)35-24-10-9-21(16-27(24)43-4)30(42)34-23-11-13-39(3)14-12-23/h6-10,15-17,23,25H,5,11-14,18H2,1-4H3,(H,34,42)(H,33,35,36)/t25-/m1/s1. The van der Waals surface area contributed by atoms with Crippen molar-refractivity contribution >= 4 is 35.0 Å². The summed E-state index contributed by atoms with van der Waals surface area (Å²) in [5.74, 6) is 3.21. The molecule has 4 heterocycles. The molecule has 1 amide bonds. The summed E-state index contributed by atoms with van der Waals surface area (Å²) >= 11 is 6.33. The zero-order valence-electron chi connectivity index (χ0n) is 24.8. The normalized spacial score (nSPS) is 16.9. The van der Waals surface area contributed by atoms with E-state index in [1.165, 1.54) is 0 Å². The van der Waals surface area contributed by atoms with Crippen LogP contribution in [0.15, 0.2) is 48.7 Å². The van der Waals surface area contributed by atoms with Gasteiger partial charge in [0.2, 0.25) is 5.95 Å². The molecule has 0 unspecified atom stereocenters. The van der Waals surface area contributed by atoms with Gasteiger partial charge in [-0.2, -0.15) is 4.98 Å². The van der Waals surface area contributed by atoms with Crippen LogP contribution in [-0.2, 0) is 6.54 Å². The SMILES string of the molecule is CC[C@@H]1c2nnc(C)n2-c2cnc(Nc3ccc(C(=O)NC4CCN(C)CC4)cc3OC)nc2N1Cc1cccc(Cl)c1. The number of likely N-dealkylation sites (tertiary alicyclic amines) is 1. The van der Waals surface area contributed by atoms with E-state index in [1.54, 1.807) is 25.4 Å². The maximum Gasteiger partial charge on any atom is 0.251 e. The number of methoxy groups -OCH3 is 1. The zero-order valence-corrected chi connectivity index (χ0v) is 25.6. The highest BCUT2D eigenvalue weighted by atomic mass is 35.5. The Labute approximate surface area is 256 Å². The quantitative estimate of drug-likeness (QED) is 0.286. The number of halogens is 1. The Morgan fingerprint density at radius 2 is 1.95 bits per heavy atom. The van der Waals surface area contributed by atoms with Gasteiger partial charge >= 0.3 is 0 Å². The Balaban J connectivity index is 1.29. The van der Waals surface area contributed by atoms with Gasteiger partial charge in [0.25, 0.3) is 5.91 Å². The van der Waals surface area contributed by atoms with Crippen molar-refractivity contribution in [3.8, 4) is 11.4 Å². The van der Waals surface area contributed by atoms with E-state index in [-0.39, 0.29) is 18.0 Å². The minimum atomic E-state index is -0.105. The number of anilines is 3. The zero-order chi connectivity index (χ0) is 30.1. The first-order valence-electron chi connectivity index (χ1n) is 14.6. The van der Waals surface area contributed by atoms with E-state index in [0.29, 0.717) is 34.5 Å². The van der Waals surface area contributed by atoms with Gasteiger partial charge in [-0.15, -0.1) is 10.2 Å². The summed E-state index contributed by atoms with van der Waals surface area (Å²) in [5.41, 5.74) is 3.07. The summed E-state index contributed by atoms with van der Waals surface area (Å²) in [7, 11) is 3.69. The lowest BCUT2D eigenvalue weighted by atomic mass is 10.0. The van der Waals surface area contributed by atoms with E-state index in [1.807, 2.05) is 35.8 Å². The summed E-state index contributed by atoms with van der Waals surface area (Å²) in [5, 5.41) is 16.0. The molecule has 2 aromatic carbocycles. The number of rotatable bonds is 8. The number of ether oxygens (including phenoxy) is 1. The molecular formula is C31H36ClN9O2. The molecule has 2 aliphatic rings. The molecule has 0 saturated carbocycles. The first kappa shape index (κ1) is 28.9. The Hall–Kier alpha value is -4.22. The molecule has 11 nitrogen and oxygen atoms in total. The Morgan fingerprint density at radius 3 is 2.70 bits per heavy atom. The van der Waals surface area contributed by atoms with Gasteiger partial charge in [0, 0.05) is 23.2 Å². The number of fused-ring (bicyclic) bond motifs is 3. The van der Waals surface area contributed by atoms with Crippen molar-refractivity contribution in [2.75, 3.05) is 37.5 Å². The molecule has 6 rings (SSSR count). The molecule has 4 aromatic rings. The van der Waals surface area contributed by atoms with E-state index in [9.17, 15) is 4.79 Å². The minimum absolute atomic E-state index is 0.0488. The summed E-state index contributed by atoms with van der Waals surface area (Å²) in [4.78, 5) is 27.2. The second kappa shape index (κ2) is 12.2. The lowest BCUT2D eigenvalue weighted by Gasteiger charge is -2.37. The topological polar surface area (TPSA) is 113 Å². The number of nitrogens with zero attached hydrogens (tertiary/aromatic N) is 7. The predicted molar refractivity (Wildman–Crippen MR) is 167 cm³/mol. The molecule has 0 bridgehead atoms. The molecule has 43 heavy (non-hydrogen) atoms. The molecule has 0 spiro atoms.